The molecule has 1 atom stereocenters. The standard InChI is InChI=1S/C12H20O3S/c1-5-8-15-16(13,14)11-7-6-10(2)12(3,4)9-11/h6-7,9-10H,5,8H2,1-4H3. The van der Waals surface area contributed by atoms with Gasteiger partial charge in [-0.05, 0) is 23.8 Å². The van der Waals surface area contributed by atoms with Crippen molar-refractivity contribution in [3.05, 3.63) is 23.1 Å². The van der Waals surface area contributed by atoms with Gasteiger partial charge in [0.15, 0.2) is 0 Å². The summed E-state index contributed by atoms with van der Waals surface area (Å²) in [5, 5.41) is 0. The zero-order valence-electron chi connectivity index (χ0n) is 10.4. The molecule has 4 heteroatoms. The Morgan fingerprint density at radius 2 is 2.06 bits per heavy atom. The SMILES string of the molecule is CCCOS(=O)(=O)C1=CC(C)(C)C(C)C=C1. The topological polar surface area (TPSA) is 43.4 Å². The highest BCUT2D eigenvalue weighted by molar-refractivity contribution is 7.90. The minimum absolute atomic E-state index is 0.146. The van der Waals surface area contributed by atoms with Crippen LogP contribution in [0.2, 0.25) is 0 Å². The van der Waals surface area contributed by atoms with Crippen LogP contribution in [0, 0.1) is 11.3 Å². The molecule has 0 radical (unpaired) electrons. The van der Waals surface area contributed by atoms with Crippen molar-refractivity contribution in [2.24, 2.45) is 11.3 Å². The maximum absolute atomic E-state index is 11.8. The third kappa shape index (κ3) is 2.95. The third-order valence-electron chi connectivity index (χ3n) is 2.97. The molecule has 16 heavy (non-hydrogen) atoms. The van der Waals surface area contributed by atoms with E-state index < -0.39 is 10.1 Å². The lowest BCUT2D eigenvalue weighted by Gasteiger charge is -2.30. The molecule has 0 amide bonds. The van der Waals surface area contributed by atoms with Crippen molar-refractivity contribution in [1.82, 2.24) is 0 Å². The van der Waals surface area contributed by atoms with E-state index in [0.29, 0.717) is 12.3 Å². The molecule has 1 unspecified atom stereocenters. The van der Waals surface area contributed by atoms with Gasteiger partial charge in [-0.25, -0.2) is 0 Å². The Hall–Kier alpha value is -0.610. The lowest BCUT2D eigenvalue weighted by molar-refractivity contribution is 0.320. The Bertz CT molecular complexity index is 402. The number of allylic oxidation sites excluding steroid dienone is 3. The lowest BCUT2D eigenvalue weighted by atomic mass is 9.77. The number of hydrogen-bond acceptors (Lipinski definition) is 3. The van der Waals surface area contributed by atoms with E-state index in [2.05, 4.69) is 6.92 Å². The van der Waals surface area contributed by atoms with E-state index in [0.717, 1.165) is 0 Å². The fourth-order valence-electron chi connectivity index (χ4n) is 1.45. The molecule has 0 aromatic rings. The Kier molecular flexibility index (Phi) is 3.97. The molecule has 1 rings (SSSR count). The largest absolute Gasteiger partial charge is 0.296 e. The Labute approximate surface area is 98.3 Å². The number of rotatable bonds is 4. The fourth-order valence-corrected chi connectivity index (χ4v) is 2.67. The Morgan fingerprint density at radius 3 is 2.56 bits per heavy atom. The van der Waals surface area contributed by atoms with Crippen molar-refractivity contribution < 1.29 is 12.6 Å². The molecule has 92 valence electrons. The van der Waals surface area contributed by atoms with Gasteiger partial charge in [-0.3, -0.25) is 4.18 Å². The van der Waals surface area contributed by atoms with Crippen LogP contribution in [0.25, 0.3) is 0 Å². The van der Waals surface area contributed by atoms with Crippen LogP contribution in [-0.4, -0.2) is 15.0 Å². The van der Waals surface area contributed by atoms with Crippen LogP contribution in [0.1, 0.15) is 34.1 Å². The van der Waals surface area contributed by atoms with Crippen LogP contribution in [-0.2, 0) is 14.3 Å². The third-order valence-corrected chi connectivity index (χ3v) is 4.28. The van der Waals surface area contributed by atoms with Crippen LogP contribution in [0.15, 0.2) is 23.1 Å². The first kappa shape index (κ1) is 13.5. The molecule has 0 saturated carbocycles. The molecule has 0 fully saturated rings. The summed E-state index contributed by atoms with van der Waals surface area (Å²) in [6.45, 7) is 8.24. The monoisotopic (exact) mass is 244 g/mol. The summed E-state index contributed by atoms with van der Waals surface area (Å²) in [6.07, 6.45) is 6.03. The molecule has 0 spiro atoms. The van der Waals surface area contributed by atoms with Crippen molar-refractivity contribution >= 4 is 10.1 Å². The second kappa shape index (κ2) is 4.72. The van der Waals surface area contributed by atoms with Gasteiger partial charge in [-0.2, -0.15) is 8.42 Å². The minimum atomic E-state index is -3.57. The van der Waals surface area contributed by atoms with Gasteiger partial charge in [-0.15, -0.1) is 0 Å². The first-order chi connectivity index (χ1) is 7.29. The molecule has 3 nitrogen and oxygen atoms in total. The summed E-state index contributed by atoms with van der Waals surface area (Å²) >= 11 is 0. The summed E-state index contributed by atoms with van der Waals surface area (Å²) in [5.74, 6) is 0.331. The molecule has 0 aliphatic heterocycles. The molecule has 1 aliphatic rings. The summed E-state index contributed by atoms with van der Waals surface area (Å²) in [7, 11) is -3.57. The quantitative estimate of drug-likeness (QED) is 0.714. The highest BCUT2D eigenvalue weighted by atomic mass is 32.2. The van der Waals surface area contributed by atoms with Crippen molar-refractivity contribution in [1.29, 1.82) is 0 Å². The van der Waals surface area contributed by atoms with E-state index in [1.165, 1.54) is 0 Å². The van der Waals surface area contributed by atoms with Crippen LogP contribution >= 0.6 is 0 Å². The van der Waals surface area contributed by atoms with Gasteiger partial charge in [0.25, 0.3) is 10.1 Å². The molecule has 0 saturated heterocycles. The lowest BCUT2D eigenvalue weighted by Crippen LogP contribution is -2.23. The summed E-state index contributed by atoms with van der Waals surface area (Å²) in [5.41, 5.74) is -0.146. The predicted molar refractivity (Wildman–Crippen MR) is 65.3 cm³/mol. The first-order valence-corrected chi connectivity index (χ1v) is 7.01. The normalized spacial score (nSPS) is 24.2. The van der Waals surface area contributed by atoms with Crippen molar-refractivity contribution in [2.75, 3.05) is 6.61 Å². The average molecular weight is 244 g/mol. The van der Waals surface area contributed by atoms with Crippen LogP contribution < -0.4 is 0 Å². The van der Waals surface area contributed by atoms with Gasteiger partial charge in [0.2, 0.25) is 0 Å². The smallest absolute Gasteiger partial charge is 0.266 e. The minimum Gasteiger partial charge on any atom is -0.266 e. The Balaban J connectivity index is 2.95. The second-order valence-electron chi connectivity index (χ2n) is 4.79. The molecule has 0 N–H and O–H groups in total. The van der Waals surface area contributed by atoms with Crippen LogP contribution in [0.5, 0.6) is 0 Å². The maximum Gasteiger partial charge on any atom is 0.296 e. The first-order valence-electron chi connectivity index (χ1n) is 5.60. The molecule has 0 aromatic heterocycles. The summed E-state index contributed by atoms with van der Waals surface area (Å²) < 4.78 is 28.5. The van der Waals surface area contributed by atoms with E-state index in [4.69, 9.17) is 4.18 Å². The van der Waals surface area contributed by atoms with E-state index in [9.17, 15) is 8.42 Å². The average Bonchev–Trinajstić information content (AvgIpc) is 2.19. The van der Waals surface area contributed by atoms with Crippen LogP contribution in [0.4, 0.5) is 0 Å². The van der Waals surface area contributed by atoms with E-state index >= 15 is 0 Å². The van der Waals surface area contributed by atoms with Gasteiger partial charge in [0, 0.05) is 0 Å². The summed E-state index contributed by atoms with van der Waals surface area (Å²) in [6, 6.07) is 0. The zero-order chi connectivity index (χ0) is 12.4. The van der Waals surface area contributed by atoms with E-state index in [1.807, 2.05) is 26.8 Å². The van der Waals surface area contributed by atoms with E-state index in [-0.39, 0.29) is 16.9 Å². The molecule has 0 aromatic carbocycles. The highest BCUT2D eigenvalue weighted by Crippen LogP contribution is 2.35. The highest BCUT2D eigenvalue weighted by Gasteiger charge is 2.29. The molecule has 0 heterocycles. The van der Waals surface area contributed by atoms with Gasteiger partial charge in [0.1, 0.15) is 0 Å². The number of hydrogen-bond donors (Lipinski definition) is 0. The Morgan fingerprint density at radius 1 is 1.44 bits per heavy atom. The van der Waals surface area contributed by atoms with Crippen molar-refractivity contribution in [2.45, 2.75) is 34.1 Å². The van der Waals surface area contributed by atoms with Gasteiger partial charge < -0.3 is 0 Å². The van der Waals surface area contributed by atoms with Gasteiger partial charge in [0.05, 0.1) is 11.5 Å². The van der Waals surface area contributed by atoms with Gasteiger partial charge >= 0.3 is 0 Å². The molecule has 0 bridgehead atoms. The maximum atomic E-state index is 11.8. The molecule has 1 aliphatic carbocycles. The van der Waals surface area contributed by atoms with Crippen molar-refractivity contribution in [3.63, 3.8) is 0 Å². The van der Waals surface area contributed by atoms with E-state index in [1.54, 1.807) is 12.2 Å². The molecular weight excluding hydrogens is 224 g/mol. The van der Waals surface area contributed by atoms with Crippen molar-refractivity contribution in [3.8, 4) is 0 Å². The van der Waals surface area contributed by atoms with Crippen LogP contribution in [0.3, 0.4) is 0 Å². The predicted octanol–water partition coefficient (Wildman–Crippen LogP) is 2.86. The van der Waals surface area contributed by atoms with Gasteiger partial charge in [-0.1, -0.05) is 39.8 Å². The second-order valence-corrected chi connectivity index (χ2v) is 6.41. The zero-order valence-corrected chi connectivity index (χ0v) is 11.2. The fraction of sp³-hybridized carbons (Fsp3) is 0.667. The summed E-state index contributed by atoms with van der Waals surface area (Å²) in [4.78, 5) is 0.282. The molecular formula is C12H20O3S.